The highest BCUT2D eigenvalue weighted by Gasteiger charge is 2.17. The molecule has 0 fully saturated rings. The number of hydrazone groups is 1. The number of benzene rings is 2. The highest BCUT2D eigenvalue weighted by molar-refractivity contribution is 9.10. The summed E-state index contributed by atoms with van der Waals surface area (Å²) in [6.45, 7) is 8.10. The number of para-hydroxylation sites is 2. The summed E-state index contributed by atoms with van der Waals surface area (Å²) in [6.07, 6.45) is 1.65. The summed E-state index contributed by atoms with van der Waals surface area (Å²) in [5, 5.41) is 4.12. The lowest BCUT2D eigenvalue weighted by Crippen LogP contribution is -2.24. The van der Waals surface area contributed by atoms with Crippen molar-refractivity contribution in [1.29, 1.82) is 0 Å². The third-order valence-electron chi connectivity index (χ3n) is 5.02. The molecule has 31 heavy (non-hydrogen) atoms. The minimum atomic E-state index is -0.360. The second kappa shape index (κ2) is 9.83. The van der Waals surface area contributed by atoms with Crippen molar-refractivity contribution in [3.8, 4) is 17.2 Å². The molecule has 1 amide bonds. The van der Waals surface area contributed by atoms with Gasteiger partial charge >= 0.3 is 0 Å². The Kier molecular flexibility index (Phi) is 7.17. The number of hydrogen-bond donors (Lipinski definition) is 1. The maximum Gasteiger partial charge on any atom is 0.277 e. The molecule has 0 spiro atoms. The SMILES string of the molecule is COc1ccccc1OCC(=O)N/N=C\c1c(Br)c(C)n(-c2ccc(C)cc2C)c1C. The summed E-state index contributed by atoms with van der Waals surface area (Å²) >= 11 is 3.67. The Morgan fingerprint density at radius 1 is 1.10 bits per heavy atom. The summed E-state index contributed by atoms with van der Waals surface area (Å²) in [5.41, 5.74) is 9.05. The van der Waals surface area contributed by atoms with Gasteiger partial charge in [-0.2, -0.15) is 5.10 Å². The molecule has 0 atom stereocenters. The molecule has 0 aliphatic carbocycles. The van der Waals surface area contributed by atoms with Crippen molar-refractivity contribution in [2.45, 2.75) is 27.7 Å². The maximum atomic E-state index is 12.1. The highest BCUT2D eigenvalue weighted by atomic mass is 79.9. The van der Waals surface area contributed by atoms with Gasteiger partial charge in [-0.25, -0.2) is 5.43 Å². The van der Waals surface area contributed by atoms with Gasteiger partial charge in [0.15, 0.2) is 18.1 Å². The number of rotatable bonds is 7. The van der Waals surface area contributed by atoms with Crippen LogP contribution in [0.3, 0.4) is 0 Å². The van der Waals surface area contributed by atoms with Gasteiger partial charge in [-0.3, -0.25) is 4.79 Å². The van der Waals surface area contributed by atoms with Crippen molar-refractivity contribution in [2.24, 2.45) is 5.10 Å². The zero-order valence-electron chi connectivity index (χ0n) is 18.3. The van der Waals surface area contributed by atoms with Gasteiger partial charge in [-0.1, -0.05) is 29.8 Å². The Bertz CT molecular complexity index is 1140. The number of nitrogens with one attached hydrogen (secondary N) is 1. The third-order valence-corrected chi connectivity index (χ3v) is 6.02. The molecule has 1 heterocycles. The Morgan fingerprint density at radius 2 is 1.81 bits per heavy atom. The standard InChI is InChI=1S/C24H26BrN3O3/c1-15-10-11-20(16(2)12-15)28-17(3)19(24(25)18(28)4)13-26-27-23(29)14-31-22-9-7-6-8-21(22)30-5/h6-13H,14H2,1-5H3,(H,27,29)/b26-13-. The molecular weight excluding hydrogens is 458 g/mol. The van der Waals surface area contributed by atoms with Crippen LogP contribution in [0.2, 0.25) is 0 Å². The van der Waals surface area contributed by atoms with Crippen LogP contribution in [0.4, 0.5) is 0 Å². The quantitative estimate of drug-likeness (QED) is 0.379. The van der Waals surface area contributed by atoms with Gasteiger partial charge in [-0.15, -0.1) is 0 Å². The van der Waals surface area contributed by atoms with Crippen LogP contribution < -0.4 is 14.9 Å². The largest absolute Gasteiger partial charge is 0.493 e. The first-order valence-corrected chi connectivity index (χ1v) is 10.7. The predicted molar refractivity (Wildman–Crippen MR) is 127 cm³/mol. The van der Waals surface area contributed by atoms with Crippen LogP contribution >= 0.6 is 15.9 Å². The van der Waals surface area contributed by atoms with E-state index in [9.17, 15) is 4.79 Å². The molecule has 0 aliphatic rings. The molecule has 0 radical (unpaired) electrons. The fraction of sp³-hybridized carbons (Fsp3) is 0.250. The number of hydrogen-bond acceptors (Lipinski definition) is 4. The number of aromatic nitrogens is 1. The van der Waals surface area contributed by atoms with Crippen LogP contribution in [0.5, 0.6) is 11.5 Å². The molecule has 0 aliphatic heterocycles. The van der Waals surface area contributed by atoms with E-state index in [1.165, 1.54) is 11.1 Å². The summed E-state index contributed by atoms with van der Waals surface area (Å²) < 4.78 is 13.9. The van der Waals surface area contributed by atoms with Gasteiger partial charge in [0.05, 0.1) is 13.3 Å². The van der Waals surface area contributed by atoms with Gasteiger partial charge in [0, 0.05) is 27.1 Å². The lowest BCUT2D eigenvalue weighted by Gasteiger charge is -2.13. The smallest absolute Gasteiger partial charge is 0.277 e. The summed E-state index contributed by atoms with van der Waals surface area (Å²) in [5.74, 6) is 0.715. The van der Waals surface area contributed by atoms with Crippen molar-refractivity contribution in [3.05, 3.63) is 75.0 Å². The van der Waals surface area contributed by atoms with Gasteiger partial charge < -0.3 is 14.0 Å². The first-order valence-electron chi connectivity index (χ1n) is 9.86. The van der Waals surface area contributed by atoms with Gasteiger partial charge in [-0.05, 0) is 67.4 Å². The van der Waals surface area contributed by atoms with E-state index in [2.05, 4.69) is 63.1 Å². The number of ether oxygens (including phenoxy) is 2. The number of amides is 1. The zero-order valence-corrected chi connectivity index (χ0v) is 19.9. The maximum absolute atomic E-state index is 12.1. The topological polar surface area (TPSA) is 64.8 Å². The summed E-state index contributed by atoms with van der Waals surface area (Å²) in [6, 6.07) is 13.6. The van der Waals surface area contributed by atoms with E-state index in [0.717, 1.165) is 27.1 Å². The molecule has 1 N–H and O–H groups in total. The van der Waals surface area contributed by atoms with E-state index in [-0.39, 0.29) is 12.5 Å². The number of methoxy groups -OCH3 is 1. The Labute approximate surface area is 191 Å². The molecule has 0 saturated carbocycles. The third kappa shape index (κ3) is 4.99. The first-order chi connectivity index (χ1) is 14.8. The lowest BCUT2D eigenvalue weighted by atomic mass is 10.1. The van der Waals surface area contributed by atoms with Crippen LogP contribution in [-0.2, 0) is 4.79 Å². The average molecular weight is 484 g/mol. The fourth-order valence-electron chi connectivity index (χ4n) is 3.47. The minimum Gasteiger partial charge on any atom is -0.493 e. The van der Waals surface area contributed by atoms with Gasteiger partial charge in [0.1, 0.15) is 0 Å². The van der Waals surface area contributed by atoms with E-state index in [1.54, 1.807) is 25.5 Å². The van der Waals surface area contributed by atoms with Crippen molar-refractivity contribution in [1.82, 2.24) is 9.99 Å². The van der Waals surface area contributed by atoms with E-state index in [4.69, 9.17) is 9.47 Å². The average Bonchev–Trinajstić information content (AvgIpc) is 2.96. The molecule has 3 aromatic rings. The molecule has 162 valence electrons. The zero-order chi connectivity index (χ0) is 22.5. The van der Waals surface area contributed by atoms with Crippen molar-refractivity contribution in [3.63, 3.8) is 0 Å². The molecule has 6 nitrogen and oxygen atoms in total. The Morgan fingerprint density at radius 3 is 2.48 bits per heavy atom. The van der Waals surface area contributed by atoms with E-state index in [1.807, 2.05) is 26.0 Å². The Balaban J connectivity index is 1.72. The molecule has 3 rings (SSSR count). The van der Waals surface area contributed by atoms with Crippen LogP contribution in [0.1, 0.15) is 28.1 Å². The van der Waals surface area contributed by atoms with Crippen molar-refractivity contribution < 1.29 is 14.3 Å². The molecule has 0 saturated heterocycles. The van der Waals surface area contributed by atoms with Gasteiger partial charge in [0.25, 0.3) is 5.91 Å². The molecular formula is C24H26BrN3O3. The fourth-order valence-corrected chi connectivity index (χ4v) is 4.04. The van der Waals surface area contributed by atoms with Gasteiger partial charge in [0.2, 0.25) is 0 Å². The van der Waals surface area contributed by atoms with Crippen LogP contribution in [-0.4, -0.2) is 30.4 Å². The molecule has 0 bridgehead atoms. The Hall–Kier alpha value is -3.06. The van der Waals surface area contributed by atoms with Crippen LogP contribution in [0, 0.1) is 27.7 Å². The van der Waals surface area contributed by atoms with Crippen molar-refractivity contribution in [2.75, 3.05) is 13.7 Å². The molecule has 0 unspecified atom stereocenters. The second-order valence-corrected chi connectivity index (χ2v) is 8.05. The second-order valence-electron chi connectivity index (χ2n) is 7.26. The first kappa shape index (κ1) is 22.6. The minimum absolute atomic E-state index is 0.166. The number of aryl methyl sites for hydroxylation is 2. The molecule has 2 aromatic carbocycles. The van der Waals surface area contributed by atoms with E-state index < -0.39 is 0 Å². The molecule has 7 heteroatoms. The highest BCUT2D eigenvalue weighted by Crippen LogP contribution is 2.31. The number of carbonyl (C=O) groups is 1. The van der Waals surface area contributed by atoms with E-state index >= 15 is 0 Å². The lowest BCUT2D eigenvalue weighted by molar-refractivity contribution is -0.123. The normalized spacial score (nSPS) is 11.0. The predicted octanol–water partition coefficient (Wildman–Crippen LogP) is 5.01. The summed E-state index contributed by atoms with van der Waals surface area (Å²) in [7, 11) is 1.55. The summed E-state index contributed by atoms with van der Waals surface area (Å²) in [4.78, 5) is 12.1. The number of halogens is 1. The van der Waals surface area contributed by atoms with Crippen LogP contribution in [0.25, 0.3) is 5.69 Å². The number of nitrogens with zero attached hydrogens (tertiary/aromatic N) is 2. The van der Waals surface area contributed by atoms with E-state index in [0.29, 0.717) is 11.5 Å². The van der Waals surface area contributed by atoms with Crippen LogP contribution in [0.15, 0.2) is 52.0 Å². The number of carbonyl (C=O) groups excluding carboxylic acids is 1. The van der Waals surface area contributed by atoms with Crippen molar-refractivity contribution >= 4 is 28.1 Å². The monoisotopic (exact) mass is 483 g/mol. The molecule has 1 aromatic heterocycles.